The van der Waals surface area contributed by atoms with Crippen LogP contribution in [0, 0.1) is 23.5 Å². The van der Waals surface area contributed by atoms with Crippen LogP contribution in [0.5, 0.6) is 0 Å². The summed E-state index contributed by atoms with van der Waals surface area (Å²) in [5, 5.41) is 0. The Kier molecular flexibility index (Phi) is 2.46. The quantitative estimate of drug-likeness (QED) is 0.670. The first-order valence-corrected chi connectivity index (χ1v) is 4.29. The summed E-state index contributed by atoms with van der Waals surface area (Å²) in [5.74, 6) is -2.03. The van der Waals surface area contributed by atoms with Crippen LogP contribution < -0.4 is 0 Å². The van der Waals surface area contributed by atoms with Gasteiger partial charge < -0.3 is 0 Å². The summed E-state index contributed by atoms with van der Waals surface area (Å²) in [4.78, 5) is 0. The molecule has 0 fully saturated rings. The minimum Gasteiger partial charge on any atom is -0.207 e. The molecule has 0 saturated carbocycles. The van der Waals surface area contributed by atoms with Crippen LogP contribution in [0.3, 0.4) is 0 Å². The highest BCUT2D eigenvalue weighted by molar-refractivity contribution is 5.64. The monoisotopic (exact) mass is 207 g/mol. The van der Waals surface area contributed by atoms with Crippen molar-refractivity contribution in [2.45, 2.75) is 0 Å². The van der Waals surface area contributed by atoms with E-state index in [4.69, 9.17) is 0 Å². The Labute approximate surface area is 85.0 Å². The zero-order valence-electron chi connectivity index (χ0n) is 7.60. The Morgan fingerprint density at radius 2 is 1.60 bits per heavy atom. The van der Waals surface area contributed by atoms with Crippen molar-refractivity contribution in [1.29, 1.82) is 0 Å². The SMILES string of the molecule is Fc1cccc(-c2c(F)c[c]cc2F)c1. The highest BCUT2D eigenvalue weighted by Gasteiger charge is 2.10. The first kappa shape index (κ1) is 9.77. The zero-order chi connectivity index (χ0) is 10.8. The molecular weight excluding hydrogens is 201 g/mol. The highest BCUT2D eigenvalue weighted by atomic mass is 19.1. The van der Waals surface area contributed by atoms with Gasteiger partial charge in [-0.25, -0.2) is 13.2 Å². The van der Waals surface area contributed by atoms with Gasteiger partial charge in [0, 0.05) is 0 Å². The summed E-state index contributed by atoms with van der Waals surface area (Å²) >= 11 is 0. The van der Waals surface area contributed by atoms with E-state index in [-0.39, 0.29) is 11.1 Å². The van der Waals surface area contributed by atoms with Gasteiger partial charge in [-0.1, -0.05) is 12.1 Å². The van der Waals surface area contributed by atoms with Gasteiger partial charge in [-0.15, -0.1) is 0 Å². The van der Waals surface area contributed by atoms with Crippen LogP contribution in [0.15, 0.2) is 36.4 Å². The second-order valence-electron chi connectivity index (χ2n) is 3.04. The van der Waals surface area contributed by atoms with Crippen molar-refractivity contribution < 1.29 is 13.2 Å². The summed E-state index contributed by atoms with van der Waals surface area (Å²) < 4.78 is 39.4. The molecule has 0 nitrogen and oxygen atoms in total. The molecule has 2 aromatic rings. The fraction of sp³-hybridized carbons (Fsp3) is 0. The Bertz CT molecular complexity index is 472. The molecule has 2 aromatic carbocycles. The summed E-state index contributed by atoms with van der Waals surface area (Å²) in [5.41, 5.74) is -0.0488. The lowest BCUT2D eigenvalue weighted by Gasteiger charge is -2.04. The van der Waals surface area contributed by atoms with E-state index in [0.29, 0.717) is 0 Å². The van der Waals surface area contributed by atoms with Gasteiger partial charge in [0.15, 0.2) is 0 Å². The average Bonchev–Trinajstić information content (AvgIpc) is 2.17. The molecule has 1 radical (unpaired) electrons. The maximum atomic E-state index is 13.3. The third-order valence-electron chi connectivity index (χ3n) is 2.01. The molecule has 75 valence electrons. The van der Waals surface area contributed by atoms with E-state index in [9.17, 15) is 13.2 Å². The molecule has 0 aliphatic carbocycles. The van der Waals surface area contributed by atoms with Crippen LogP contribution in [-0.2, 0) is 0 Å². The predicted molar refractivity (Wildman–Crippen MR) is 50.6 cm³/mol. The van der Waals surface area contributed by atoms with Crippen LogP contribution in [0.1, 0.15) is 0 Å². The largest absolute Gasteiger partial charge is 0.207 e. The lowest BCUT2D eigenvalue weighted by Crippen LogP contribution is -1.90. The molecule has 15 heavy (non-hydrogen) atoms. The van der Waals surface area contributed by atoms with Crippen molar-refractivity contribution in [3.8, 4) is 11.1 Å². The molecule has 0 atom stereocenters. The van der Waals surface area contributed by atoms with Gasteiger partial charge in [-0.3, -0.25) is 0 Å². The molecule has 0 heterocycles. The van der Waals surface area contributed by atoms with E-state index in [0.717, 1.165) is 18.2 Å². The fourth-order valence-corrected chi connectivity index (χ4v) is 1.37. The molecule has 0 saturated heterocycles. The molecule has 0 aromatic heterocycles. The summed E-state index contributed by atoms with van der Waals surface area (Å²) in [6.45, 7) is 0. The number of hydrogen-bond donors (Lipinski definition) is 0. The topological polar surface area (TPSA) is 0 Å². The molecule has 0 bridgehead atoms. The van der Waals surface area contributed by atoms with Crippen molar-refractivity contribution in [2.75, 3.05) is 0 Å². The smallest absolute Gasteiger partial charge is 0.134 e. The second-order valence-corrected chi connectivity index (χ2v) is 3.04. The van der Waals surface area contributed by atoms with E-state index < -0.39 is 17.5 Å². The molecule has 0 N–H and O–H groups in total. The van der Waals surface area contributed by atoms with E-state index in [1.807, 2.05) is 0 Å². The molecule has 2 rings (SSSR count). The molecule has 0 unspecified atom stereocenters. The van der Waals surface area contributed by atoms with Gasteiger partial charge in [-0.05, 0) is 35.9 Å². The number of hydrogen-bond acceptors (Lipinski definition) is 0. The van der Waals surface area contributed by atoms with Crippen molar-refractivity contribution in [2.24, 2.45) is 0 Å². The van der Waals surface area contributed by atoms with Crippen molar-refractivity contribution in [3.63, 3.8) is 0 Å². The highest BCUT2D eigenvalue weighted by Crippen LogP contribution is 2.25. The van der Waals surface area contributed by atoms with E-state index in [2.05, 4.69) is 6.07 Å². The minimum atomic E-state index is -0.749. The van der Waals surface area contributed by atoms with E-state index >= 15 is 0 Å². The van der Waals surface area contributed by atoms with Gasteiger partial charge in [0.1, 0.15) is 17.5 Å². The van der Waals surface area contributed by atoms with E-state index in [1.54, 1.807) is 0 Å². The number of halogens is 3. The normalized spacial score (nSPS) is 10.3. The van der Waals surface area contributed by atoms with E-state index in [1.165, 1.54) is 18.2 Å². The van der Waals surface area contributed by atoms with Crippen LogP contribution in [0.2, 0.25) is 0 Å². The number of rotatable bonds is 1. The summed E-state index contributed by atoms with van der Waals surface area (Å²) in [6, 6.07) is 9.50. The fourth-order valence-electron chi connectivity index (χ4n) is 1.37. The van der Waals surface area contributed by atoms with Gasteiger partial charge in [0.2, 0.25) is 0 Å². The lowest BCUT2D eigenvalue weighted by molar-refractivity contribution is 0.588. The van der Waals surface area contributed by atoms with Crippen LogP contribution >= 0.6 is 0 Å². The molecule has 0 spiro atoms. The van der Waals surface area contributed by atoms with Crippen LogP contribution in [0.4, 0.5) is 13.2 Å². The standard InChI is InChI=1S/C12H6F3/c13-9-4-1-3-8(7-9)12-10(14)5-2-6-11(12)15/h1,3-7H. The number of benzene rings is 2. The van der Waals surface area contributed by atoms with Crippen molar-refractivity contribution in [3.05, 3.63) is 59.9 Å². The Hall–Kier alpha value is -1.77. The van der Waals surface area contributed by atoms with Crippen molar-refractivity contribution in [1.82, 2.24) is 0 Å². The summed E-state index contributed by atoms with van der Waals surface area (Å²) in [7, 11) is 0. The predicted octanol–water partition coefficient (Wildman–Crippen LogP) is 3.57. The maximum Gasteiger partial charge on any atom is 0.134 e. The second kappa shape index (κ2) is 3.77. The van der Waals surface area contributed by atoms with Crippen molar-refractivity contribution >= 4 is 0 Å². The van der Waals surface area contributed by atoms with Gasteiger partial charge >= 0.3 is 0 Å². The third-order valence-corrected chi connectivity index (χ3v) is 2.01. The first-order chi connectivity index (χ1) is 7.18. The lowest BCUT2D eigenvalue weighted by atomic mass is 10.0. The van der Waals surface area contributed by atoms with Crippen LogP contribution in [0.25, 0.3) is 11.1 Å². The first-order valence-electron chi connectivity index (χ1n) is 4.29. The average molecular weight is 207 g/mol. The minimum absolute atomic E-state index is 0.180. The molecule has 0 aliphatic heterocycles. The molecule has 0 aliphatic rings. The maximum absolute atomic E-state index is 13.3. The third kappa shape index (κ3) is 1.86. The zero-order valence-corrected chi connectivity index (χ0v) is 7.60. The molecule has 3 heteroatoms. The Morgan fingerprint density at radius 1 is 0.933 bits per heavy atom. The van der Waals surface area contributed by atoms with Gasteiger partial charge in [0.05, 0.1) is 5.56 Å². The summed E-state index contributed by atoms with van der Waals surface area (Å²) in [6.07, 6.45) is 0. The van der Waals surface area contributed by atoms with Crippen LogP contribution in [-0.4, -0.2) is 0 Å². The Balaban J connectivity index is 2.63. The Morgan fingerprint density at radius 3 is 2.20 bits per heavy atom. The van der Waals surface area contributed by atoms with Gasteiger partial charge in [0.25, 0.3) is 0 Å². The molecular formula is C12H6F3. The molecule has 0 amide bonds. The van der Waals surface area contributed by atoms with Gasteiger partial charge in [-0.2, -0.15) is 0 Å².